The minimum Gasteiger partial charge on any atom is -0.464 e. The van der Waals surface area contributed by atoms with Gasteiger partial charge in [0.2, 0.25) is 0 Å². The van der Waals surface area contributed by atoms with Crippen LogP contribution in [0.15, 0.2) is 10.5 Å². The van der Waals surface area contributed by atoms with Gasteiger partial charge in [-0.1, -0.05) is 13.8 Å². The molecule has 0 aliphatic rings. The van der Waals surface area contributed by atoms with Crippen LogP contribution in [-0.4, -0.2) is 0 Å². The number of hydrogen-bond acceptors (Lipinski definition) is 2. The van der Waals surface area contributed by atoms with Crippen LogP contribution >= 0.6 is 0 Å². The number of anilines is 1. The van der Waals surface area contributed by atoms with Crippen LogP contribution in [-0.2, 0) is 12.8 Å². The molecule has 0 aromatic carbocycles. The molecule has 0 aliphatic heterocycles. The minimum atomic E-state index is 0.791. The van der Waals surface area contributed by atoms with Crippen LogP contribution in [0.1, 0.15) is 25.4 Å². The monoisotopic (exact) mass is 139 g/mol. The zero-order valence-electron chi connectivity index (χ0n) is 6.48. The highest BCUT2D eigenvalue weighted by Gasteiger charge is 2.03. The summed E-state index contributed by atoms with van der Waals surface area (Å²) in [4.78, 5) is 0. The summed E-state index contributed by atoms with van der Waals surface area (Å²) in [5, 5.41) is 0. The van der Waals surface area contributed by atoms with Crippen molar-refractivity contribution in [1.29, 1.82) is 0 Å². The lowest BCUT2D eigenvalue weighted by atomic mass is 10.3. The summed E-state index contributed by atoms with van der Waals surface area (Å²) < 4.78 is 5.39. The van der Waals surface area contributed by atoms with Crippen molar-refractivity contribution in [3.63, 3.8) is 0 Å². The Balaban J connectivity index is 2.92. The van der Waals surface area contributed by atoms with Crippen LogP contribution in [0.4, 0.5) is 5.69 Å². The van der Waals surface area contributed by atoms with Gasteiger partial charge in [0.25, 0.3) is 0 Å². The van der Waals surface area contributed by atoms with Crippen LogP contribution in [0, 0.1) is 0 Å². The van der Waals surface area contributed by atoms with Crippen molar-refractivity contribution in [2.24, 2.45) is 0 Å². The Hall–Kier alpha value is -0.920. The lowest BCUT2D eigenvalue weighted by molar-refractivity contribution is 0.475. The first-order valence-corrected chi connectivity index (χ1v) is 3.65. The number of rotatable bonds is 2. The standard InChI is InChI=1S/C8H13NO/c1-3-6-5-7(9)8(4-2)10-6/h5H,3-4,9H2,1-2H3. The first kappa shape index (κ1) is 7.19. The van der Waals surface area contributed by atoms with E-state index in [1.807, 2.05) is 13.0 Å². The zero-order chi connectivity index (χ0) is 7.56. The van der Waals surface area contributed by atoms with Crippen molar-refractivity contribution in [2.75, 3.05) is 5.73 Å². The quantitative estimate of drug-likeness (QED) is 0.680. The van der Waals surface area contributed by atoms with Crippen molar-refractivity contribution < 1.29 is 4.42 Å². The van der Waals surface area contributed by atoms with Crippen molar-refractivity contribution in [2.45, 2.75) is 26.7 Å². The molecule has 10 heavy (non-hydrogen) atoms. The summed E-state index contributed by atoms with van der Waals surface area (Å²) in [5.74, 6) is 1.89. The number of nitrogens with two attached hydrogens (primary N) is 1. The summed E-state index contributed by atoms with van der Waals surface area (Å²) in [7, 11) is 0. The van der Waals surface area contributed by atoms with E-state index in [1.165, 1.54) is 0 Å². The average Bonchev–Trinajstić information content (AvgIpc) is 2.30. The van der Waals surface area contributed by atoms with E-state index in [9.17, 15) is 0 Å². The number of aryl methyl sites for hydroxylation is 2. The molecule has 0 amide bonds. The third-order valence-corrected chi connectivity index (χ3v) is 1.56. The largest absolute Gasteiger partial charge is 0.464 e. The molecular formula is C8H13NO. The topological polar surface area (TPSA) is 39.2 Å². The third-order valence-electron chi connectivity index (χ3n) is 1.56. The summed E-state index contributed by atoms with van der Waals surface area (Å²) in [6.07, 6.45) is 1.80. The predicted octanol–water partition coefficient (Wildman–Crippen LogP) is 1.99. The van der Waals surface area contributed by atoms with Gasteiger partial charge in [-0.05, 0) is 0 Å². The number of nitrogen functional groups attached to an aromatic ring is 1. The molecule has 56 valence electrons. The molecular weight excluding hydrogens is 126 g/mol. The van der Waals surface area contributed by atoms with Gasteiger partial charge in [0, 0.05) is 18.9 Å². The molecule has 0 unspecified atom stereocenters. The van der Waals surface area contributed by atoms with E-state index in [1.54, 1.807) is 0 Å². The fourth-order valence-corrected chi connectivity index (χ4v) is 0.951. The lowest BCUT2D eigenvalue weighted by Crippen LogP contribution is -1.85. The Bertz CT molecular complexity index is 215. The highest BCUT2D eigenvalue weighted by atomic mass is 16.3. The second-order valence-corrected chi connectivity index (χ2v) is 2.30. The SMILES string of the molecule is CCc1cc(N)c(CC)o1. The highest BCUT2D eigenvalue weighted by molar-refractivity contribution is 5.43. The molecule has 0 radical (unpaired) electrons. The fraction of sp³-hybridized carbons (Fsp3) is 0.500. The van der Waals surface area contributed by atoms with E-state index in [0.29, 0.717) is 0 Å². The summed E-state index contributed by atoms with van der Waals surface area (Å²) in [6, 6.07) is 1.90. The van der Waals surface area contributed by atoms with Crippen LogP contribution < -0.4 is 5.73 Å². The molecule has 2 nitrogen and oxygen atoms in total. The van der Waals surface area contributed by atoms with E-state index < -0.39 is 0 Å². The highest BCUT2D eigenvalue weighted by Crippen LogP contribution is 2.17. The third kappa shape index (κ3) is 1.15. The maximum atomic E-state index is 5.63. The molecule has 1 heterocycles. The molecule has 2 heteroatoms. The molecule has 0 aliphatic carbocycles. The minimum absolute atomic E-state index is 0.791. The van der Waals surface area contributed by atoms with E-state index >= 15 is 0 Å². The van der Waals surface area contributed by atoms with E-state index in [0.717, 1.165) is 30.0 Å². The number of hydrogen-bond donors (Lipinski definition) is 1. The van der Waals surface area contributed by atoms with E-state index in [4.69, 9.17) is 10.2 Å². The van der Waals surface area contributed by atoms with Gasteiger partial charge < -0.3 is 10.2 Å². The Morgan fingerprint density at radius 2 is 2.10 bits per heavy atom. The maximum absolute atomic E-state index is 5.63. The molecule has 0 atom stereocenters. The van der Waals surface area contributed by atoms with Crippen LogP contribution in [0.25, 0.3) is 0 Å². The Morgan fingerprint density at radius 1 is 1.40 bits per heavy atom. The Morgan fingerprint density at radius 3 is 2.40 bits per heavy atom. The van der Waals surface area contributed by atoms with Crippen molar-refractivity contribution in [3.05, 3.63) is 17.6 Å². The summed E-state index contributed by atoms with van der Waals surface area (Å²) in [6.45, 7) is 4.09. The molecule has 0 spiro atoms. The first-order chi connectivity index (χ1) is 4.77. The van der Waals surface area contributed by atoms with Crippen LogP contribution in [0.5, 0.6) is 0 Å². The Labute approximate surface area is 61.0 Å². The van der Waals surface area contributed by atoms with E-state index in [-0.39, 0.29) is 0 Å². The smallest absolute Gasteiger partial charge is 0.126 e. The fourth-order valence-electron chi connectivity index (χ4n) is 0.951. The molecule has 0 saturated carbocycles. The second kappa shape index (κ2) is 2.78. The summed E-state index contributed by atoms with van der Waals surface area (Å²) >= 11 is 0. The van der Waals surface area contributed by atoms with Gasteiger partial charge in [0.1, 0.15) is 11.5 Å². The molecule has 1 rings (SSSR count). The molecule has 0 saturated heterocycles. The second-order valence-electron chi connectivity index (χ2n) is 2.30. The number of furan rings is 1. The maximum Gasteiger partial charge on any atom is 0.126 e. The molecule has 2 N–H and O–H groups in total. The lowest BCUT2D eigenvalue weighted by Gasteiger charge is -1.89. The predicted molar refractivity (Wildman–Crippen MR) is 41.9 cm³/mol. The first-order valence-electron chi connectivity index (χ1n) is 3.65. The molecule has 1 aromatic rings. The van der Waals surface area contributed by atoms with Gasteiger partial charge in [0.05, 0.1) is 5.69 Å². The van der Waals surface area contributed by atoms with Crippen molar-refractivity contribution in [3.8, 4) is 0 Å². The van der Waals surface area contributed by atoms with Gasteiger partial charge in [0.15, 0.2) is 0 Å². The van der Waals surface area contributed by atoms with Crippen LogP contribution in [0.2, 0.25) is 0 Å². The normalized spacial score (nSPS) is 10.2. The molecule has 1 aromatic heterocycles. The van der Waals surface area contributed by atoms with Gasteiger partial charge in [-0.2, -0.15) is 0 Å². The molecule has 0 bridgehead atoms. The van der Waals surface area contributed by atoms with Gasteiger partial charge in [-0.3, -0.25) is 0 Å². The van der Waals surface area contributed by atoms with Crippen molar-refractivity contribution >= 4 is 5.69 Å². The summed E-state index contributed by atoms with van der Waals surface area (Å²) in [5.41, 5.74) is 6.42. The zero-order valence-corrected chi connectivity index (χ0v) is 6.48. The molecule has 0 fully saturated rings. The van der Waals surface area contributed by atoms with Crippen molar-refractivity contribution in [1.82, 2.24) is 0 Å². The Kier molecular flexibility index (Phi) is 2.00. The van der Waals surface area contributed by atoms with E-state index in [2.05, 4.69) is 6.92 Å². The van der Waals surface area contributed by atoms with Gasteiger partial charge in [-0.15, -0.1) is 0 Å². The van der Waals surface area contributed by atoms with Gasteiger partial charge >= 0.3 is 0 Å². The average molecular weight is 139 g/mol. The van der Waals surface area contributed by atoms with Crippen LogP contribution in [0.3, 0.4) is 0 Å². The van der Waals surface area contributed by atoms with Gasteiger partial charge in [-0.25, -0.2) is 0 Å².